The molecule has 6 nitrogen and oxygen atoms in total. The highest BCUT2D eigenvalue weighted by molar-refractivity contribution is 5.98. The number of para-hydroxylation sites is 2. The molecule has 0 bridgehead atoms. The van der Waals surface area contributed by atoms with Crippen LogP contribution in [0.2, 0.25) is 0 Å². The number of amides is 2. The van der Waals surface area contributed by atoms with Crippen molar-refractivity contribution in [3.63, 3.8) is 0 Å². The molecule has 0 atom stereocenters. The fourth-order valence-electron chi connectivity index (χ4n) is 2.77. The Hall–Kier alpha value is -2.08. The molecule has 0 aliphatic carbocycles. The Balaban J connectivity index is 1.75. The first-order valence-electron chi connectivity index (χ1n) is 8.67. The summed E-state index contributed by atoms with van der Waals surface area (Å²) in [5.41, 5.74) is 0.739. The van der Waals surface area contributed by atoms with Crippen LogP contribution in [0.3, 0.4) is 0 Å². The van der Waals surface area contributed by atoms with Crippen LogP contribution < -0.4 is 15.0 Å². The van der Waals surface area contributed by atoms with E-state index in [0.29, 0.717) is 25.3 Å². The first kappa shape index (κ1) is 18.3. The van der Waals surface area contributed by atoms with Crippen molar-refractivity contribution in [2.75, 3.05) is 44.2 Å². The van der Waals surface area contributed by atoms with E-state index in [2.05, 4.69) is 24.1 Å². The third kappa shape index (κ3) is 4.96. The Morgan fingerprint density at radius 2 is 2.04 bits per heavy atom. The van der Waals surface area contributed by atoms with Gasteiger partial charge in [-0.1, -0.05) is 26.0 Å². The molecule has 1 N–H and O–H groups in total. The summed E-state index contributed by atoms with van der Waals surface area (Å²) in [7, 11) is 0. The van der Waals surface area contributed by atoms with Crippen LogP contribution in [-0.2, 0) is 9.59 Å². The van der Waals surface area contributed by atoms with E-state index in [1.54, 1.807) is 4.90 Å². The largest absolute Gasteiger partial charge is 0.482 e. The maximum Gasteiger partial charge on any atom is 0.265 e. The van der Waals surface area contributed by atoms with Crippen molar-refractivity contribution in [2.45, 2.75) is 26.7 Å². The van der Waals surface area contributed by atoms with Crippen LogP contribution in [-0.4, -0.2) is 56.0 Å². The van der Waals surface area contributed by atoms with Gasteiger partial charge in [0.05, 0.1) is 5.69 Å². The highest BCUT2D eigenvalue weighted by Crippen LogP contribution is 2.31. The molecule has 1 aliphatic heterocycles. The maximum absolute atomic E-state index is 12.0. The lowest BCUT2D eigenvalue weighted by molar-refractivity contribution is -0.122. The van der Waals surface area contributed by atoms with Crippen LogP contribution in [0.4, 0.5) is 5.69 Å². The molecule has 132 valence electrons. The van der Waals surface area contributed by atoms with Gasteiger partial charge in [-0.15, -0.1) is 0 Å². The molecule has 0 saturated heterocycles. The highest BCUT2D eigenvalue weighted by atomic mass is 16.5. The van der Waals surface area contributed by atoms with Crippen LogP contribution in [0.25, 0.3) is 0 Å². The second-order valence-corrected chi connectivity index (χ2v) is 5.78. The number of anilines is 1. The van der Waals surface area contributed by atoms with Gasteiger partial charge in [0.25, 0.3) is 5.91 Å². The number of carbonyl (C=O) groups excluding carboxylic acids is 2. The van der Waals surface area contributed by atoms with Crippen molar-refractivity contribution in [3.05, 3.63) is 24.3 Å². The van der Waals surface area contributed by atoms with Crippen molar-refractivity contribution >= 4 is 17.5 Å². The summed E-state index contributed by atoms with van der Waals surface area (Å²) in [6, 6.07) is 7.41. The van der Waals surface area contributed by atoms with E-state index in [4.69, 9.17) is 4.74 Å². The van der Waals surface area contributed by atoms with Gasteiger partial charge in [-0.3, -0.25) is 9.59 Å². The molecular formula is C18H27N3O3. The molecule has 1 aliphatic rings. The monoisotopic (exact) mass is 333 g/mol. The maximum atomic E-state index is 12.0. The quantitative estimate of drug-likeness (QED) is 0.698. The van der Waals surface area contributed by atoms with Crippen molar-refractivity contribution in [1.82, 2.24) is 10.2 Å². The minimum Gasteiger partial charge on any atom is -0.482 e. The molecule has 2 rings (SSSR count). The molecule has 0 fully saturated rings. The van der Waals surface area contributed by atoms with E-state index in [1.807, 2.05) is 24.3 Å². The van der Waals surface area contributed by atoms with Crippen LogP contribution >= 0.6 is 0 Å². The second-order valence-electron chi connectivity index (χ2n) is 5.78. The molecule has 0 unspecified atom stereocenters. The summed E-state index contributed by atoms with van der Waals surface area (Å²) in [6.45, 7) is 8.40. The summed E-state index contributed by atoms with van der Waals surface area (Å²) >= 11 is 0. The number of hydrogen-bond acceptors (Lipinski definition) is 4. The fraction of sp³-hybridized carbons (Fsp3) is 0.556. The molecule has 1 aromatic rings. The predicted molar refractivity (Wildman–Crippen MR) is 94.3 cm³/mol. The van der Waals surface area contributed by atoms with Crippen LogP contribution in [0.15, 0.2) is 24.3 Å². The number of rotatable bonds is 9. The number of nitrogens with one attached hydrogen (secondary N) is 1. The van der Waals surface area contributed by atoms with Gasteiger partial charge in [-0.2, -0.15) is 0 Å². The minimum absolute atomic E-state index is 0.0219. The number of ether oxygens (including phenoxy) is 1. The average Bonchev–Trinajstić information content (AvgIpc) is 2.61. The standard InChI is InChI=1S/C18H27N3O3/c1-3-20(4-2)12-7-11-19-17(22)10-13-21-15-8-5-6-9-16(15)24-14-18(21)23/h5-6,8-9H,3-4,7,10-14H2,1-2H3,(H,19,22). The number of benzene rings is 1. The van der Waals surface area contributed by atoms with E-state index >= 15 is 0 Å². The van der Waals surface area contributed by atoms with Gasteiger partial charge in [-0.05, 0) is 38.2 Å². The van der Waals surface area contributed by atoms with Crippen molar-refractivity contribution in [3.8, 4) is 5.75 Å². The lowest BCUT2D eigenvalue weighted by atomic mass is 10.2. The number of fused-ring (bicyclic) bond motifs is 1. The van der Waals surface area contributed by atoms with Gasteiger partial charge in [0.2, 0.25) is 5.91 Å². The van der Waals surface area contributed by atoms with E-state index in [1.165, 1.54) is 0 Å². The zero-order valence-electron chi connectivity index (χ0n) is 14.6. The number of hydrogen-bond donors (Lipinski definition) is 1. The Labute approximate surface area is 143 Å². The minimum atomic E-state index is -0.108. The van der Waals surface area contributed by atoms with Gasteiger partial charge in [0.15, 0.2) is 6.61 Å². The van der Waals surface area contributed by atoms with E-state index < -0.39 is 0 Å². The van der Waals surface area contributed by atoms with E-state index in [-0.39, 0.29) is 18.4 Å². The molecular weight excluding hydrogens is 306 g/mol. The van der Waals surface area contributed by atoms with Gasteiger partial charge in [0.1, 0.15) is 5.75 Å². The van der Waals surface area contributed by atoms with Crippen molar-refractivity contribution in [2.24, 2.45) is 0 Å². The van der Waals surface area contributed by atoms with E-state index in [0.717, 1.165) is 31.7 Å². The highest BCUT2D eigenvalue weighted by Gasteiger charge is 2.25. The Bertz CT molecular complexity index is 558. The van der Waals surface area contributed by atoms with Crippen molar-refractivity contribution in [1.29, 1.82) is 0 Å². The second kappa shape index (κ2) is 9.27. The molecule has 1 heterocycles. The first-order chi connectivity index (χ1) is 11.7. The SMILES string of the molecule is CCN(CC)CCCNC(=O)CCN1C(=O)COc2ccccc21. The van der Waals surface area contributed by atoms with Gasteiger partial charge < -0.3 is 19.9 Å². The summed E-state index contributed by atoms with van der Waals surface area (Å²) in [5.74, 6) is 0.561. The Morgan fingerprint density at radius 3 is 2.79 bits per heavy atom. The molecule has 1 aromatic carbocycles. The molecule has 0 spiro atoms. The van der Waals surface area contributed by atoms with Crippen LogP contribution in [0.1, 0.15) is 26.7 Å². The molecule has 6 heteroatoms. The summed E-state index contributed by atoms with van der Waals surface area (Å²) < 4.78 is 5.40. The van der Waals surface area contributed by atoms with Crippen molar-refractivity contribution < 1.29 is 14.3 Å². The normalized spacial score (nSPS) is 13.6. The molecule has 0 aromatic heterocycles. The predicted octanol–water partition coefficient (Wildman–Crippen LogP) is 1.65. The zero-order valence-corrected chi connectivity index (χ0v) is 14.6. The van der Waals surface area contributed by atoms with Gasteiger partial charge >= 0.3 is 0 Å². The Kier molecular flexibility index (Phi) is 7.06. The van der Waals surface area contributed by atoms with Gasteiger partial charge in [-0.25, -0.2) is 0 Å². The topological polar surface area (TPSA) is 61.9 Å². The van der Waals surface area contributed by atoms with Crippen LogP contribution in [0, 0.1) is 0 Å². The van der Waals surface area contributed by atoms with Crippen LogP contribution in [0.5, 0.6) is 5.75 Å². The number of carbonyl (C=O) groups is 2. The fourth-order valence-corrected chi connectivity index (χ4v) is 2.77. The summed E-state index contributed by atoms with van der Waals surface area (Å²) in [6.07, 6.45) is 1.23. The smallest absolute Gasteiger partial charge is 0.265 e. The number of nitrogens with zero attached hydrogens (tertiary/aromatic N) is 2. The molecule has 24 heavy (non-hydrogen) atoms. The molecule has 0 radical (unpaired) electrons. The zero-order chi connectivity index (χ0) is 17.4. The summed E-state index contributed by atoms with van der Waals surface area (Å²) in [5, 5.41) is 2.93. The third-order valence-corrected chi connectivity index (χ3v) is 4.24. The lowest BCUT2D eigenvalue weighted by Crippen LogP contribution is -2.41. The lowest BCUT2D eigenvalue weighted by Gasteiger charge is -2.29. The average molecular weight is 333 g/mol. The third-order valence-electron chi connectivity index (χ3n) is 4.24. The Morgan fingerprint density at radius 1 is 1.29 bits per heavy atom. The molecule has 0 saturated carbocycles. The first-order valence-corrected chi connectivity index (χ1v) is 8.67. The molecule has 2 amide bonds. The van der Waals surface area contributed by atoms with E-state index in [9.17, 15) is 9.59 Å². The summed E-state index contributed by atoms with van der Waals surface area (Å²) in [4.78, 5) is 28.0. The van der Waals surface area contributed by atoms with Gasteiger partial charge in [0, 0.05) is 19.5 Å².